The highest BCUT2D eigenvalue weighted by atomic mass is 32.2. The molecule has 6 nitrogen and oxygen atoms in total. The molecule has 1 aliphatic heterocycles. The molecule has 1 heterocycles. The number of benzene rings is 3. The number of ether oxygens (including phenoxy) is 3. The Morgan fingerprint density at radius 2 is 1.80 bits per heavy atom. The molecule has 156 valence electrons. The van der Waals surface area contributed by atoms with Crippen LogP contribution >= 0.6 is 0 Å². The van der Waals surface area contributed by atoms with Crippen LogP contribution in [0, 0.1) is 0 Å². The molecule has 0 aromatic heterocycles. The summed E-state index contributed by atoms with van der Waals surface area (Å²) >= 11 is 0. The number of hydrogen-bond donors (Lipinski definition) is 1. The predicted octanol–water partition coefficient (Wildman–Crippen LogP) is 3.69. The predicted molar refractivity (Wildman–Crippen MR) is 113 cm³/mol. The molecule has 3 aromatic rings. The minimum absolute atomic E-state index is 0.144. The number of nitrogens with one attached hydrogen (secondary N) is 1. The van der Waals surface area contributed by atoms with Crippen LogP contribution in [0.5, 0.6) is 17.2 Å². The average molecular weight is 426 g/mol. The van der Waals surface area contributed by atoms with Gasteiger partial charge >= 0.3 is 0 Å². The molecule has 0 unspecified atom stereocenters. The molecule has 30 heavy (non-hydrogen) atoms. The number of sulfonamides is 1. The summed E-state index contributed by atoms with van der Waals surface area (Å²) in [6, 6.07) is 20.2. The Morgan fingerprint density at radius 1 is 0.967 bits per heavy atom. The van der Waals surface area contributed by atoms with Crippen molar-refractivity contribution in [3.8, 4) is 17.2 Å². The molecule has 0 saturated carbocycles. The zero-order chi connectivity index (χ0) is 21.0. The molecular weight excluding hydrogens is 402 g/mol. The summed E-state index contributed by atoms with van der Waals surface area (Å²) in [6.07, 6.45) is 0.723. The minimum atomic E-state index is -3.63. The molecule has 0 spiro atoms. The maximum atomic E-state index is 12.7. The lowest BCUT2D eigenvalue weighted by Crippen LogP contribution is -2.23. The second-order valence-electron chi connectivity index (χ2n) is 6.95. The van der Waals surface area contributed by atoms with Crippen molar-refractivity contribution in [3.63, 3.8) is 0 Å². The average Bonchev–Trinajstić information content (AvgIpc) is 3.25. The maximum Gasteiger partial charge on any atom is 0.240 e. The molecule has 7 heteroatoms. The highest BCUT2D eigenvalue weighted by Crippen LogP contribution is 2.30. The van der Waals surface area contributed by atoms with Crippen LogP contribution in [0.2, 0.25) is 0 Å². The van der Waals surface area contributed by atoms with Gasteiger partial charge in [-0.1, -0.05) is 36.4 Å². The number of rotatable bonds is 8. The van der Waals surface area contributed by atoms with E-state index in [2.05, 4.69) is 4.72 Å². The van der Waals surface area contributed by atoms with E-state index in [4.69, 9.17) is 14.2 Å². The second-order valence-corrected chi connectivity index (χ2v) is 8.72. The summed E-state index contributed by atoms with van der Waals surface area (Å²) in [7, 11) is -2.07. The molecule has 1 aliphatic rings. The lowest BCUT2D eigenvalue weighted by Gasteiger charge is -2.13. The quantitative estimate of drug-likeness (QED) is 0.596. The van der Waals surface area contributed by atoms with Gasteiger partial charge in [0.2, 0.25) is 10.0 Å². The van der Waals surface area contributed by atoms with Gasteiger partial charge in [0.25, 0.3) is 0 Å². The van der Waals surface area contributed by atoms with Crippen molar-refractivity contribution >= 4 is 10.0 Å². The van der Waals surface area contributed by atoms with Gasteiger partial charge in [-0.15, -0.1) is 0 Å². The van der Waals surface area contributed by atoms with E-state index in [9.17, 15) is 8.42 Å². The van der Waals surface area contributed by atoms with E-state index < -0.39 is 10.0 Å². The van der Waals surface area contributed by atoms with E-state index in [1.165, 1.54) is 0 Å². The smallest absolute Gasteiger partial charge is 0.240 e. The third-order valence-corrected chi connectivity index (χ3v) is 6.30. The van der Waals surface area contributed by atoms with Crippen LogP contribution in [0.15, 0.2) is 71.6 Å². The summed E-state index contributed by atoms with van der Waals surface area (Å²) < 4.78 is 44.7. The van der Waals surface area contributed by atoms with Crippen LogP contribution in [0.25, 0.3) is 0 Å². The van der Waals surface area contributed by atoms with Crippen molar-refractivity contribution < 1.29 is 22.6 Å². The molecule has 0 bridgehead atoms. The van der Waals surface area contributed by atoms with E-state index in [0.717, 1.165) is 28.9 Å². The van der Waals surface area contributed by atoms with E-state index in [-0.39, 0.29) is 11.4 Å². The topological polar surface area (TPSA) is 73.9 Å². The fourth-order valence-electron chi connectivity index (χ4n) is 3.27. The SMILES string of the molecule is COc1cc(CNS(=O)(=O)c2ccc3c(c2)CCO3)ccc1OCc1ccccc1. The molecule has 0 atom stereocenters. The lowest BCUT2D eigenvalue weighted by atomic mass is 10.2. The van der Waals surface area contributed by atoms with Gasteiger partial charge in [-0.3, -0.25) is 0 Å². The molecule has 0 saturated heterocycles. The first-order valence-electron chi connectivity index (χ1n) is 9.64. The molecule has 3 aromatic carbocycles. The van der Waals surface area contributed by atoms with E-state index in [1.807, 2.05) is 36.4 Å². The van der Waals surface area contributed by atoms with Crippen LogP contribution in [0.4, 0.5) is 0 Å². The van der Waals surface area contributed by atoms with Crippen molar-refractivity contribution in [1.82, 2.24) is 4.72 Å². The van der Waals surface area contributed by atoms with Gasteiger partial charge in [0.1, 0.15) is 12.4 Å². The first-order valence-corrected chi connectivity index (χ1v) is 11.1. The highest BCUT2D eigenvalue weighted by molar-refractivity contribution is 7.89. The highest BCUT2D eigenvalue weighted by Gasteiger charge is 2.19. The molecular formula is C23H23NO5S. The summed E-state index contributed by atoms with van der Waals surface area (Å²) in [4.78, 5) is 0.238. The van der Waals surface area contributed by atoms with Crippen molar-refractivity contribution in [2.24, 2.45) is 0 Å². The minimum Gasteiger partial charge on any atom is -0.493 e. The Labute approximate surface area is 176 Å². The van der Waals surface area contributed by atoms with Crippen LogP contribution in [-0.4, -0.2) is 22.1 Å². The number of fused-ring (bicyclic) bond motifs is 1. The summed E-state index contributed by atoms with van der Waals surface area (Å²) in [5.41, 5.74) is 2.74. The molecule has 0 radical (unpaired) electrons. The third kappa shape index (κ3) is 4.58. The van der Waals surface area contributed by atoms with Crippen LogP contribution < -0.4 is 18.9 Å². The molecule has 0 amide bonds. The van der Waals surface area contributed by atoms with Crippen LogP contribution in [0.1, 0.15) is 16.7 Å². The van der Waals surface area contributed by atoms with Crippen molar-refractivity contribution in [3.05, 3.63) is 83.4 Å². The monoisotopic (exact) mass is 425 g/mol. The zero-order valence-corrected chi connectivity index (χ0v) is 17.4. The van der Waals surface area contributed by atoms with E-state index in [0.29, 0.717) is 24.7 Å². The van der Waals surface area contributed by atoms with Crippen LogP contribution in [-0.2, 0) is 29.6 Å². The van der Waals surface area contributed by atoms with E-state index in [1.54, 1.807) is 37.4 Å². The fourth-order valence-corrected chi connectivity index (χ4v) is 4.34. The Bertz CT molecular complexity index is 1130. The zero-order valence-electron chi connectivity index (χ0n) is 16.6. The molecule has 0 aliphatic carbocycles. The Kier molecular flexibility index (Phi) is 5.92. The standard InChI is InChI=1S/C23H23NO5S/c1-27-23-13-18(7-9-22(23)29-16-17-5-3-2-4-6-17)15-24-30(25,26)20-8-10-21-19(14-20)11-12-28-21/h2-10,13-14,24H,11-12,15-16H2,1H3. The Hall–Kier alpha value is -3.03. The van der Waals surface area contributed by atoms with Gasteiger partial charge in [0.15, 0.2) is 11.5 Å². The maximum absolute atomic E-state index is 12.7. The molecule has 4 rings (SSSR count). The third-order valence-electron chi connectivity index (χ3n) is 4.90. The van der Waals surface area contributed by atoms with Gasteiger partial charge in [0, 0.05) is 13.0 Å². The Morgan fingerprint density at radius 3 is 2.60 bits per heavy atom. The van der Waals surface area contributed by atoms with Crippen molar-refractivity contribution in [2.75, 3.05) is 13.7 Å². The van der Waals surface area contributed by atoms with Gasteiger partial charge < -0.3 is 14.2 Å². The van der Waals surface area contributed by atoms with Gasteiger partial charge in [-0.25, -0.2) is 13.1 Å². The second kappa shape index (κ2) is 8.77. The summed E-state index contributed by atoms with van der Waals surface area (Å²) in [5, 5.41) is 0. The summed E-state index contributed by atoms with van der Waals surface area (Å²) in [5.74, 6) is 1.91. The van der Waals surface area contributed by atoms with Gasteiger partial charge in [-0.2, -0.15) is 0 Å². The van der Waals surface area contributed by atoms with Gasteiger partial charge in [0.05, 0.1) is 18.6 Å². The van der Waals surface area contributed by atoms with Gasteiger partial charge in [-0.05, 0) is 47.0 Å². The number of methoxy groups -OCH3 is 1. The largest absolute Gasteiger partial charge is 0.493 e. The first kappa shape index (κ1) is 20.3. The Balaban J connectivity index is 1.43. The first-order chi connectivity index (χ1) is 14.5. The normalized spacial score (nSPS) is 12.8. The fraction of sp³-hybridized carbons (Fsp3) is 0.217. The lowest BCUT2D eigenvalue weighted by molar-refractivity contribution is 0.284. The molecule has 0 fully saturated rings. The van der Waals surface area contributed by atoms with Crippen molar-refractivity contribution in [1.29, 1.82) is 0 Å². The van der Waals surface area contributed by atoms with Crippen LogP contribution in [0.3, 0.4) is 0 Å². The number of hydrogen-bond acceptors (Lipinski definition) is 5. The van der Waals surface area contributed by atoms with E-state index >= 15 is 0 Å². The van der Waals surface area contributed by atoms with Crippen molar-refractivity contribution in [2.45, 2.75) is 24.5 Å². The molecule has 1 N–H and O–H groups in total. The summed E-state index contributed by atoms with van der Waals surface area (Å²) in [6.45, 7) is 1.15.